The summed E-state index contributed by atoms with van der Waals surface area (Å²) in [5, 5.41) is 2.61. The van der Waals surface area contributed by atoms with Crippen molar-refractivity contribution in [2.75, 3.05) is 19.0 Å². The highest BCUT2D eigenvalue weighted by atomic mass is 35.5. The van der Waals surface area contributed by atoms with Crippen LogP contribution in [0, 0.1) is 5.92 Å². The molecule has 1 aromatic heterocycles. The summed E-state index contributed by atoms with van der Waals surface area (Å²) in [6, 6.07) is 6.43. The fourth-order valence-corrected chi connectivity index (χ4v) is 4.80. The molecule has 1 N–H and O–H groups in total. The fraction of sp³-hybridized carbons (Fsp3) is 0.389. The number of halogens is 1. The molecule has 1 fully saturated rings. The third-order valence-electron chi connectivity index (χ3n) is 4.89. The molecule has 2 heterocycles. The van der Waals surface area contributed by atoms with Gasteiger partial charge in [0.2, 0.25) is 10.0 Å². The first-order chi connectivity index (χ1) is 12.8. The number of benzene rings is 1. The summed E-state index contributed by atoms with van der Waals surface area (Å²) in [7, 11) is -2.40. The first kappa shape index (κ1) is 18.3. The molecular formula is C18H19ClN2O5S. The number of hydrogen-bond acceptors (Lipinski definition) is 5. The number of rotatable bonds is 5. The second-order valence-corrected chi connectivity index (χ2v) is 9.42. The summed E-state index contributed by atoms with van der Waals surface area (Å²) in [5.74, 6) is 2.48. The summed E-state index contributed by atoms with van der Waals surface area (Å²) >= 11 is 6.17. The lowest BCUT2D eigenvalue weighted by molar-refractivity contribution is -0.118. The number of ether oxygens (including phenoxy) is 1. The summed E-state index contributed by atoms with van der Waals surface area (Å²) < 4.78 is 38.2. The Kier molecular flexibility index (Phi) is 4.44. The Morgan fingerprint density at radius 3 is 2.78 bits per heavy atom. The molecule has 1 amide bonds. The van der Waals surface area contributed by atoms with E-state index < -0.39 is 10.0 Å². The highest BCUT2D eigenvalue weighted by Gasteiger charge is 2.37. The lowest BCUT2D eigenvalue weighted by Gasteiger charge is -2.21. The van der Waals surface area contributed by atoms with Crippen LogP contribution in [0.5, 0.6) is 5.75 Å². The normalized spacial score (nSPS) is 21.6. The van der Waals surface area contributed by atoms with Crippen molar-refractivity contribution in [2.45, 2.75) is 30.7 Å². The molecule has 2 aromatic rings. The van der Waals surface area contributed by atoms with Gasteiger partial charge in [0.1, 0.15) is 22.2 Å². The highest BCUT2D eigenvalue weighted by Crippen LogP contribution is 2.47. The Hall–Kier alpha value is -2.03. The molecule has 1 aromatic carbocycles. The molecule has 0 unspecified atom stereocenters. The Morgan fingerprint density at radius 1 is 1.33 bits per heavy atom. The van der Waals surface area contributed by atoms with E-state index >= 15 is 0 Å². The van der Waals surface area contributed by atoms with Gasteiger partial charge in [-0.05, 0) is 30.5 Å². The van der Waals surface area contributed by atoms with Crippen LogP contribution >= 0.6 is 11.6 Å². The third-order valence-corrected chi connectivity index (χ3v) is 7.16. The van der Waals surface area contributed by atoms with Gasteiger partial charge in [-0.2, -0.15) is 4.31 Å². The molecule has 2 atom stereocenters. The largest absolute Gasteiger partial charge is 0.482 e. The second kappa shape index (κ2) is 6.54. The Bertz CT molecular complexity index is 1020. The lowest BCUT2D eigenvalue weighted by atomic mass is 10.2. The monoisotopic (exact) mass is 410 g/mol. The minimum Gasteiger partial charge on any atom is -0.482 e. The number of nitrogens with one attached hydrogen (secondary N) is 1. The standard InChI is InChI=1S/C18H19ClN2O5S/c1-10-5-12(10)15-4-3-11(26-15)8-21(2)27(23,24)17-7-16-14(6-13(17)19)20-18(22)9-25-16/h3-4,6-7,10,12H,5,8-9H2,1-2H3,(H,20,22)/t10-,12+/m1/s1. The van der Waals surface area contributed by atoms with Crippen LogP contribution in [-0.4, -0.2) is 32.3 Å². The van der Waals surface area contributed by atoms with Crippen molar-refractivity contribution in [1.82, 2.24) is 4.31 Å². The van der Waals surface area contributed by atoms with Crippen LogP contribution in [-0.2, 0) is 21.4 Å². The number of hydrogen-bond donors (Lipinski definition) is 1. The fourth-order valence-electron chi connectivity index (χ4n) is 3.15. The number of sulfonamides is 1. The zero-order chi connectivity index (χ0) is 19.3. The van der Waals surface area contributed by atoms with Crippen LogP contribution in [0.2, 0.25) is 5.02 Å². The van der Waals surface area contributed by atoms with E-state index in [1.165, 1.54) is 23.5 Å². The molecule has 9 heteroatoms. The lowest BCUT2D eigenvalue weighted by Crippen LogP contribution is -2.28. The van der Waals surface area contributed by atoms with Gasteiger partial charge in [-0.15, -0.1) is 0 Å². The zero-order valence-electron chi connectivity index (χ0n) is 14.9. The molecule has 1 saturated carbocycles. The van der Waals surface area contributed by atoms with Gasteiger partial charge in [0, 0.05) is 19.0 Å². The quantitative estimate of drug-likeness (QED) is 0.817. The van der Waals surface area contributed by atoms with Crippen LogP contribution < -0.4 is 10.1 Å². The van der Waals surface area contributed by atoms with Gasteiger partial charge < -0.3 is 14.5 Å². The van der Waals surface area contributed by atoms with E-state index in [2.05, 4.69) is 12.2 Å². The molecular weight excluding hydrogens is 392 g/mol. The SMILES string of the molecule is C[C@@H]1C[C@@H]1c1ccc(CN(C)S(=O)(=O)c2cc3c(cc2Cl)NC(=O)CO3)o1. The van der Waals surface area contributed by atoms with Crippen molar-refractivity contribution in [3.63, 3.8) is 0 Å². The van der Waals surface area contributed by atoms with Crippen molar-refractivity contribution < 1.29 is 22.4 Å². The summed E-state index contributed by atoms with van der Waals surface area (Å²) in [5.41, 5.74) is 0.354. The van der Waals surface area contributed by atoms with E-state index in [4.69, 9.17) is 20.8 Å². The van der Waals surface area contributed by atoms with E-state index in [1.54, 1.807) is 6.07 Å². The van der Waals surface area contributed by atoms with Crippen molar-refractivity contribution in [3.05, 3.63) is 40.8 Å². The third kappa shape index (κ3) is 3.44. The number of carbonyl (C=O) groups excluding carboxylic acids is 1. The van der Waals surface area contributed by atoms with Gasteiger partial charge in [-0.3, -0.25) is 4.79 Å². The number of amides is 1. The maximum absolute atomic E-state index is 13.0. The Labute approximate surface area is 162 Å². The smallest absolute Gasteiger partial charge is 0.262 e. The van der Waals surface area contributed by atoms with Crippen molar-refractivity contribution >= 4 is 33.2 Å². The Balaban J connectivity index is 1.57. The number of furan rings is 1. The van der Waals surface area contributed by atoms with Crippen molar-refractivity contribution in [1.29, 1.82) is 0 Å². The van der Waals surface area contributed by atoms with Gasteiger partial charge in [-0.25, -0.2) is 8.42 Å². The molecule has 1 aliphatic heterocycles. The van der Waals surface area contributed by atoms with Gasteiger partial charge in [0.15, 0.2) is 6.61 Å². The number of fused-ring (bicyclic) bond motifs is 1. The predicted molar refractivity (Wildman–Crippen MR) is 99.5 cm³/mol. The average Bonchev–Trinajstić information content (AvgIpc) is 3.15. The molecule has 0 saturated heterocycles. The van der Waals surface area contributed by atoms with Gasteiger partial charge in [0.25, 0.3) is 5.91 Å². The molecule has 144 valence electrons. The molecule has 7 nitrogen and oxygen atoms in total. The van der Waals surface area contributed by atoms with Crippen LogP contribution in [0.25, 0.3) is 0 Å². The predicted octanol–water partition coefficient (Wildman–Crippen LogP) is 3.21. The van der Waals surface area contributed by atoms with Gasteiger partial charge in [-0.1, -0.05) is 18.5 Å². The first-order valence-corrected chi connectivity index (χ1v) is 10.4. The molecule has 2 aliphatic rings. The van der Waals surface area contributed by atoms with Crippen LogP contribution in [0.4, 0.5) is 5.69 Å². The number of nitrogens with zero attached hydrogens (tertiary/aromatic N) is 1. The Morgan fingerprint density at radius 2 is 2.07 bits per heavy atom. The molecule has 1 aliphatic carbocycles. The van der Waals surface area contributed by atoms with Crippen LogP contribution in [0.15, 0.2) is 33.6 Å². The van der Waals surface area contributed by atoms with E-state index in [0.717, 1.165) is 12.2 Å². The minimum atomic E-state index is -3.87. The molecule has 0 radical (unpaired) electrons. The van der Waals surface area contributed by atoms with Gasteiger partial charge in [0.05, 0.1) is 17.3 Å². The van der Waals surface area contributed by atoms with E-state index in [9.17, 15) is 13.2 Å². The molecule has 4 rings (SSSR count). The number of carbonyl (C=O) groups is 1. The van der Waals surface area contributed by atoms with Crippen molar-refractivity contribution in [2.24, 2.45) is 5.92 Å². The summed E-state index contributed by atoms with van der Waals surface area (Å²) in [6.07, 6.45) is 1.10. The highest BCUT2D eigenvalue weighted by molar-refractivity contribution is 7.89. The minimum absolute atomic E-state index is 0.0124. The van der Waals surface area contributed by atoms with Gasteiger partial charge >= 0.3 is 0 Å². The van der Waals surface area contributed by atoms with E-state index in [0.29, 0.717) is 23.3 Å². The molecule has 0 bridgehead atoms. The maximum atomic E-state index is 13.0. The molecule has 0 spiro atoms. The maximum Gasteiger partial charge on any atom is 0.262 e. The van der Waals surface area contributed by atoms with E-state index in [-0.39, 0.29) is 34.7 Å². The average molecular weight is 411 g/mol. The van der Waals surface area contributed by atoms with Crippen LogP contribution in [0.1, 0.15) is 30.8 Å². The second-order valence-electron chi connectivity index (χ2n) is 7.00. The first-order valence-electron chi connectivity index (χ1n) is 8.57. The van der Waals surface area contributed by atoms with Crippen LogP contribution in [0.3, 0.4) is 0 Å². The summed E-state index contributed by atoms with van der Waals surface area (Å²) in [4.78, 5) is 11.3. The molecule has 27 heavy (non-hydrogen) atoms. The van der Waals surface area contributed by atoms with E-state index in [1.807, 2.05) is 6.07 Å². The zero-order valence-corrected chi connectivity index (χ0v) is 16.4. The topological polar surface area (TPSA) is 88.9 Å². The number of anilines is 1. The summed E-state index contributed by atoms with van der Waals surface area (Å²) in [6.45, 7) is 2.08. The van der Waals surface area contributed by atoms with Crippen molar-refractivity contribution in [3.8, 4) is 5.75 Å².